The first-order valence-corrected chi connectivity index (χ1v) is 4.28. The number of amides is 2. The summed E-state index contributed by atoms with van der Waals surface area (Å²) in [6.07, 6.45) is 1.80. The molecule has 0 radical (unpaired) electrons. The molecule has 0 saturated heterocycles. The van der Waals surface area contributed by atoms with E-state index in [9.17, 15) is 4.79 Å². The minimum absolute atomic E-state index is 0.0571. The molecule has 1 unspecified atom stereocenters. The van der Waals surface area contributed by atoms with Crippen molar-refractivity contribution in [3.63, 3.8) is 0 Å². The van der Waals surface area contributed by atoms with Crippen molar-refractivity contribution in [1.29, 1.82) is 0 Å². The highest BCUT2D eigenvalue weighted by Gasteiger charge is 2.03. The molecule has 0 rings (SSSR count). The molecule has 0 saturated carbocycles. The maximum atomic E-state index is 11.0. The molecule has 0 fully saturated rings. The molecule has 12 heavy (non-hydrogen) atoms. The van der Waals surface area contributed by atoms with Crippen LogP contribution in [-0.2, 0) is 0 Å². The monoisotopic (exact) mass is 173 g/mol. The van der Waals surface area contributed by atoms with E-state index in [1.165, 1.54) is 4.90 Å². The van der Waals surface area contributed by atoms with Crippen LogP contribution in [0.25, 0.3) is 0 Å². The first-order chi connectivity index (χ1) is 5.57. The van der Waals surface area contributed by atoms with Crippen molar-refractivity contribution in [3.8, 4) is 0 Å². The van der Waals surface area contributed by atoms with Crippen LogP contribution in [0.4, 0.5) is 4.79 Å². The molecule has 0 aromatic carbocycles. The number of hydrogen-bond donors (Lipinski definition) is 2. The first-order valence-electron chi connectivity index (χ1n) is 4.28. The third kappa shape index (κ3) is 4.96. The Balaban J connectivity index is 3.37. The fourth-order valence-corrected chi connectivity index (χ4v) is 0.727. The average Bonchev–Trinajstić information content (AvgIpc) is 2.03. The number of rotatable bonds is 4. The summed E-state index contributed by atoms with van der Waals surface area (Å²) in [6.45, 7) is 2.70. The molecule has 0 heterocycles. The van der Waals surface area contributed by atoms with Crippen LogP contribution in [0.15, 0.2) is 0 Å². The van der Waals surface area contributed by atoms with Gasteiger partial charge in [-0.15, -0.1) is 0 Å². The predicted octanol–water partition coefficient (Wildman–Crippen LogP) is 0.385. The number of nitrogens with one attached hydrogen (secondary N) is 1. The smallest absolute Gasteiger partial charge is 0.316 e. The molecule has 0 aliphatic heterocycles. The molecule has 0 bridgehead atoms. The second-order valence-electron chi connectivity index (χ2n) is 3.08. The predicted molar refractivity (Wildman–Crippen MR) is 50.0 cm³/mol. The van der Waals surface area contributed by atoms with Crippen LogP contribution >= 0.6 is 0 Å². The average molecular weight is 173 g/mol. The van der Waals surface area contributed by atoms with Crippen LogP contribution in [0.1, 0.15) is 19.8 Å². The zero-order valence-electron chi connectivity index (χ0n) is 8.13. The number of hydrogen-bond acceptors (Lipinski definition) is 2. The fraction of sp³-hybridized carbons (Fsp3) is 0.875. The number of carbonyl (C=O) groups is 1. The van der Waals surface area contributed by atoms with Crippen LogP contribution in [0.2, 0.25) is 0 Å². The van der Waals surface area contributed by atoms with E-state index >= 15 is 0 Å². The maximum absolute atomic E-state index is 11.0. The third-order valence-corrected chi connectivity index (χ3v) is 1.72. The minimum atomic E-state index is -0.0571. The highest BCUT2D eigenvalue weighted by atomic mass is 16.2. The number of nitrogens with two attached hydrogens (primary N) is 1. The zero-order chi connectivity index (χ0) is 9.56. The SMILES string of the molecule is CCC(N)CCNC(=O)N(C)C. The van der Waals surface area contributed by atoms with E-state index < -0.39 is 0 Å². The molecule has 0 spiro atoms. The normalized spacial score (nSPS) is 12.3. The molecular weight excluding hydrogens is 154 g/mol. The van der Waals surface area contributed by atoms with Gasteiger partial charge in [0.05, 0.1) is 0 Å². The van der Waals surface area contributed by atoms with E-state index in [-0.39, 0.29) is 12.1 Å². The second-order valence-corrected chi connectivity index (χ2v) is 3.08. The van der Waals surface area contributed by atoms with Crippen LogP contribution in [0.3, 0.4) is 0 Å². The van der Waals surface area contributed by atoms with Crippen LogP contribution < -0.4 is 11.1 Å². The Morgan fingerprint density at radius 3 is 2.58 bits per heavy atom. The van der Waals surface area contributed by atoms with Crippen molar-refractivity contribution >= 4 is 6.03 Å². The molecule has 0 aliphatic rings. The van der Waals surface area contributed by atoms with Crippen molar-refractivity contribution in [2.75, 3.05) is 20.6 Å². The molecule has 72 valence electrons. The Bertz CT molecular complexity index is 136. The summed E-state index contributed by atoms with van der Waals surface area (Å²) < 4.78 is 0. The quantitative estimate of drug-likeness (QED) is 0.646. The Labute approximate surface area is 74.1 Å². The highest BCUT2D eigenvalue weighted by Crippen LogP contribution is 1.91. The molecule has 0 aromatic rings. The fourth-order valence-electron chi connectivity index (χ4n) is 0.727. The van der Waals surface area contributed by atoms with Gasteiger partial charge in [-0.2, -0.15) is 0 Å². The van der Waals surface area contributed by atoms with Gasteiger partial charge in [0.25, 0.3) is 0 Å². The Morgan fingerprint density at radius 1 is 1.58 bits per heavy atom. The van der Waals surface area contributed by atoms with E-state index in [4.69, 9.17) is 5.73 Å². The number of nitrogens with zero attached hydrogens (tertiary/aromatic N) is 1. The van der Waals surface area contributed by atoms with Gasteiger partial charge in [0, 0.05) is 26.7 Å². The lowest BCUT2D eigenvalue weighted by molar-refractivity contribution is 0.217. The lowest BCUT2D eigenvalue weighted by Gasteiger charge is -2.13. The molecule has 4 heteroatoms. The van der Waals surface area contributed by atoms with Gasteiger partial charge in [-0.25, -0.2) is 4.79 Å². The van der Waals surface area contributed by atoms with Gasteiger partial charge in [-0.3, -0.25) is 0 Å². The van der Waals surface area contributed by atoms with Gasteiger partial charge in [-0.1, -0.05) is 6.92 Å². The van der Waals surface area contributed by atoms with Gasteiger partial charge in [0.2, 0.25) is 0 Å². The van der Waals surface area contributed by atoms with Gasteiger partial charge in [-0.05, 0) is 12.8 Å². The van der Waals surface area contributed by atoms with Gasteiger partial charge >= 0.3 is 6.03 Å². The highest BCUT2D eigenvalue weighted by molar-refractivity contribution is 5.73. The molecular formula is C8H19N3O. The zero-order valence-corrected chi connectivity index (χ0v) is 8.13. The second kappa shape index (κ2) is 5.83. The summed E-state index contributed by atoms with van der Waals surface area (Å²) in [4.78, 5) is 12.5. The molecule has 2 amide bonds. The largest absolute Gasteiger partial charge is 0.338 e. The van der Waals surface area contributed by atoms with Crippen molar-refractivity contribution in [2.24, 2.45) is 5.73 Å². The topological polar surface area (TPSA) is 58.4 Å². The van der Waals surface area contributed by atoms with E-state index in [0.717, 1.165) is 12.8 Å². The standard InChI is InChI=1S/C8H19N3O/c1-4-7(9)5-6-10-8(12)11(2)3/h7H,4-6,9H2,1-3H3,(H,10,12). The molecule has 1 atom stereocenters. The lowest BCUT2D eigenvalue weighted by Crippen LogP contribution is -2.37. The van der Waals surface area contributed by atoms with Crippen LogP contribution in [-0.4, -0.2) is 37.6 Å². The van der Waals surface area contributed by atoms with Crippen molar-refractivity contribution in [3.05, 3.63) is 0 Å². The van der Waals surface area contributed by atoms with Crippen molar-refractivity contribution in [2.45, 2.75) is 25.8 Å². The molecule has 3 N–H and O–H groups in total. The summed E-state index contributed by atoms with van der Waals surface area (Å²) in [6, 6.07) is 0.144. The lowest BCUT2D eigenvalue weighted by atomic mass is 10.2. The van der Waals surface area contributed by atoms with Crippen molar-refractivity contribution < 1.29 is 4.79 Å². The Kier molecular flexibility index (Phi) is 5.45. The summed E-state index contributed by atoms with van der Waals surface area (Å²) in [5, 5.41) is 2.75. The maximum Gasteiger partial charge on any atom is 0.316 e. The van der Waals surface area contributed by atoms with E-state index in [1.807, 2.05) is 6.92 Å². The minimum Gasteiger partial charge on any atom is -0.338 e. The Hall–Kier alpha value is -0.770. The summed E-state index contributed by atoms with van der Waals surface area (Å²) in [7, 11) is 3.43. The summed E-state index contributed by atoms with van der Waals surface area (Å²) in [5.74, 6) is 0. The first kappa shape index (κ1) is 11.2. The summed E-state index contributed by atoms with van der Waals surface area (Å²) in [5.41, 5.74) is 5.67. The Morgan fingerprint density at radius 2 is 2.17 bits per heavy atom. The van der Waals surface area contributed by atoms with E-state index in [0.29, 0.717) is 6.54 Å². The van der Waals surface area contributed by atoms with Crippen molar-refractivity contribution in [1.82, 2.24) is 10.2 Å². The van der Waals surface area contributed by atoms with Gasteiger partial charge < -0.3 is 16.0 Å². The van der Waals surface area contributed by atoms with E-state index in [1.54, 1.807) is 14.1 Å². The van der Waals surface area contributed by atoms with Crippen LogP contribution in [0, 0.1) is 0 Å². The molecule has 0 aromatic heterocycles. The molecule has 0 aliphatic carbocycles. The number of urea groups is 1. The van der Waals surface area contributed by atoms with Gasteiger partial charge in [0.15, 0.2) is 0 Å². The third-order valence-electron chi connectivity index (χ3n) is 1.72. The van der Waals surface area contributed by atoms with Gasteiger partial charge in [0.1, 0.15) is 0 Å². The number of carbonyl (C=O) groups excluding carboxylic acids is 1. The van der Waals surface area contributed by atoms with E-state index in [2.05, 4.69) is 5.32 Å². The molecule has 4 nitrogen and oxygen atoms in total. The van der Waals surface area contributed by atoms with Crippen LogP contribution in [0.5, 0.6) is 0 Å². The summed E-state index contributed by atoms with van der Waals surface area (Å²) >= 11 is 0.